The highest BCUT2D eigenvalue weighted by Crippen LogP contribution is 2.66. The number of nitrogens with zero attached hydrogens (tertiary/aromatic N) is 2. The van der Waals surface area contributed by atoms with Gasteiger partial charge in [-0.3, -0.25) is 0 Å². The Morgan fingerprint density at radius 1 is 0.549 bits per heavy atom. The lowest BCUT2D eigenvalue weighted by atomic mass is 9.64. The van der Waals surface area contributed by atoms with Gasteiger partial charge in [-0.05, 0) is 129 Å². The number of rotatable bonds is 6. The van der Waals surface area contributed by atoms with Gasteiger partial charge < -0.3 is 14.2 Å². The third-order valence-electron chi connectivity index (χ3n) is 16.7. The maximum Gasteiger partial charge on any atom is 0.159 e. The fourth-order valence-electron chi connectivity index (χ4n) is 13.4. The number of hydrogen-bond donors (Lipinski definition) is 0. The maximum atomic E-state index is 7.40. The Labute approximate surface area is 418 Å². The summed E-state index contributed by atoms with van der Waals surface area (Å²) in [6.07, 6.45) is 14.5. The maximum absolute atomic E-state index is 7.40. The molecule has 1 aromatic heterocycles. The Kier molecular flexibility index (Phi) is 9.61. The summed E-state index contributed by atoms with van der Waals surface area (Å²) < 4.78 is 7.40. The summed E-state index contributed by atoms with van der Waals surface area (Å²) in [7, 11) is -1.62. The number of benzene rings is 9. The lowest BCUT2D eigenvalue weighted by Gasteiger charge is -2.46. The summed E-state index contributed by atoms with van der Waals surface area (Å²) in [4.78, 5) is 5.08. The predicted octanol–water partition coefficient (Wildman–Crippen LogP) is 18.2. The van der Waals surface area contributed by atoms with Gasteiger partial charge in [0.25, 0.3) is 0 Å². The number of anilines is 5. The minimum absolute atomic E-state index is 0.444. The van der Waals surface area contributed by atoms with E-state index in [0.29, 0.717) is 11.8 Å². The second-order valence-electron chi connectivity index (χ2n) is 21.8. The third kappa shape index (κ3) is 6.26. The van der Waals surface area contributed by atoms with Gasteiger partial charge in [-0.15, -0.1) is 0 Å². The summed E-state index contributed by atoms with van der Waals surface area (Å²) in [6.45, 7) is 9.66. The normalized spacial score (nSPS) is 17.2. The standard InChI is InChI=1S/C67H58N2OSi/c1-43-19-16-23-47(41-43)69-59-32-14-12-30-55(59)67(56-31-13-15-33-60(56)69)57-40-35-45-22-8-9-24-49(45)63(57)64-52-26-11-10-25-51(52)62(42-58(64)67)68(46-36-38-48(39-37-46)71(2,3)4)61-34-18-29-54-53-28-17-27-50(65(53)70-66(54)61)44-20-6-5-7-21-44/h8-18,22-44H,5-7,19-21H2,1-4H3. The van der Waals surface area contributed by atoms with Crippen molar-refractivity contribution in [1.82, 2.24) is 0 Å². The quantitative estimate of drug-likeness (QED) is 0.155. The first-order chi connectivity index (χ1) is 34.8. The molecular formula is C67H58N2OSi. The minimum Gasteiger partial charge on any atom is -0.454 e. The van der Waals surface area contributed by atoms with E-state index in [1.54, 1.807) is 0 Å². The first-order valence-electron chi connectivity index (χ1n) is 26.1. The van der Waals surface area contributed by atoms with Crippen molar-refractivity contribution in [1.29, 1.82) is 0 Å². The second-order valence-corrected chi connectivity index (χ2v) is 26.9. The molecule has 9 aromatic carbocycles. The SMILES string of the molecule is CC1C=C(N2c3ccccc3C3(c4ccccc42)c2ccc4ccccc4c2-c2c3cc(N(c3ccc([Si](C)(C)C)cc3)c3cccc4c3oc3c(C5CCCCC5)cccc34)c3ccccc23)C=CC1. The summed E-state index contributed by atoms with van der Waals surface area (Å²) in [5, 5.41) is 8.80. The average Bonchev–Trinajstić information content (AvgIpc) is 3.96. The Hall–Kier alpha value is -7.40. The van der Waals surface area contributed by atoms with Gasteiger partial charge in [0.15, 0.2) is 5.58 Å². The van der Waals surface area contributed by atoms with Crippen LogP contribution in [0.4, 0.5) is 28.4 Å². The number of hydrogen-bond acceptors (Lipinski definition) is 3. The molecule has 71 heavy (non-hydrogen) atoms. The van der Waals surface area contributed by atoms with E-state index >= 15 is 0 Å². The van der Waals surface area contributed by atoms with Crippen molar-refractivity contribution < 1.29 is 4.42 Å². The molecule has 3 nitrogen and oxygen atoms in total. The average molecular weight is 935 g/mol. The van der Waals surface area contributed by atoms with Gasteiger partial charge in [-0.1, -0.05) is 203 Å². The molecule has 1 spiro atoms. The van der Waals surface area contributed by atoms with Crippen molar-refractivity contribution in [2.45, 2.75) is 76.4 Å². The molecule has 14 rings (SSSR count). The molecule has 1 unspecified atom stereocenters. The second kappa shape index (κ2) is 16.1. The van der Waals surface area contributed by atoms with Crippen LogP contribution < -0.4 is 15.0 Å². The van der Waals surface area contributed by atoms with Crippen molar-refractivity contribution >= 4 is 85.2 Å². The molecule has 10 aromatic rings. The molecule has 0 radical (unpaired) electrons. The van der Waals surface area contributed by atoms with Crippen LogP contribution in [0.25, 0.3) is 54.6 Å². The first kappa shape index (κ1) is 42.5. The number of furan rings is 1. The zero-order chi connectivity index (χ0) is 47.6. The Morgan fingerprint density at radius 3 is 1.92 bits per heavy atom. The van der Waals surface area contributed by atoms with Gasteiger partial charge in [0, 0.05) is 27.5 Å². The van der Waals surface area contributed by atoms with Gasteiger partial charge in [0.2, 0.25) is 0 Å². The van der Waals surface area contributed by atoms with Crippen LogP contribution in [0.15, 0.2) is 204 Å². The van der Waals surface area contributed by atoms with Crippen LogP contribution in [0.1, 0.15) is 79.2 Å². The molecule has 3 aliphatic carbocycles. The minimum atomic E-state index is -1.62. The van der Waals surface area contributed by atoms with Crippen LogP contribution in [0.3, 0.4) is 0 Å². The van der Waals surface area contributed by atoms with Crippen LogP contribution in [0.5, 0.6) is 0 Å². The summed E-state index contributed by atoms with van der Waals surface area (Å²) in [5.74, 6) is 0.960. The molecule has 346 valence electrons. The Bertz CT molecular complexity index is 3810. The highest BCUT2D eigenvalue weighted by Gasteiger charge is 2.53. The lowest BCUT2D eigenvalue weighted by Crippen LogP contribution is -2.37. The first-order valence-corrected chi connectivity index (χ1v) is 29.6. The molecule has 4 aliphatic rings. The topological polar surface area (TPSA) is 19.6 Å². The van der Waals surface area contributed by atoms with E-state index in [2.05, 4.69) is 231 Å². The van der Waals surface area contributed by atoms with E-state index < -0.39 is 13.5 Å². The highest BCUT2D eigenvalue weighted by molar-refractivity contribution is 6.88. The van der Waals surface area contributed by atoms with Crippen molar-refractivity contribution in [2.75, 3.05) is 9.80 Å². The summed E-state index contributed by atoms with van der Waals surface area (Å²) in [5.41, 5.74) is 17.5. The van der Waals surface area contributed by atoms with E-state index in [-0.39, 0.29) is 0 Å². The fourth-order valence-corrected chi connectivity index (χ4v) is 14.6. The molecule has 0 bridgehead atoms. The predicted molar refractivity (Wildman–Crippen MR) is 303 cm³/mol. The van der Waals surface area contributed by atoms with E-state index in [4.69, 9.17) is 4.42 Å². The molecule has 0 N–H and O–H groups in total. The van der Waals surface area contributed by atoms with Gasteiger partial charge in [0.05, 0.1) is 36.2 Å². The summed E-state index contributed by atoms with van der Waals surface area (Å²) >= 11 is 0. The monoisotopic (exact) mass is 934 g/mol. The van der Waals surface area contributed by atoms with Crippen LogP contribution in [-0.2, 0) is 5.41 Å². The zero-order valence-corrected chi connectivity index (χ0v) is 42.2. The van der Waals surface area contributed by atoms with E-state index in [1.807, 2.05) is 0 Å². The molecule has 4 heteroatoms. The van der Waals surface area contributed by atoms with Crippen molar-refractivity contribution in [3.63, 3.8) is 0 Å². The summed E-state index contributed by atoms with van der Waals surface area (Å²) in [6, 6.07) is 67.5. The molecule has 1 saturated carbocycles. The number of para-hydroxylation sites is 4. The van der Waals surface area contributed by atoms with Crippen molar-refractivity contribution in [3.05, 3.63) is 228 Å². The van der Waals surface area contributed by atoms with Crippen LogP contribution >= 0.6 is 0 Å². The third-order valence-corrected chi connectivity index (χ3v) is 18.7. The Balaban J connectivity index is 1.11. The van der Waals surface area contributed by atoms with E-state index in [1.165, 1.54) is 120 Å². The highest BCUT2D eigenvalue weighted by atomic mass is 28.3. The van der Waals surface area contributed by atoms with E-state index in [9.17, 15) is 0 Å². The van der Waals surface area contributed by atoms with Crippen LogP contribution in [0.2, 0.25) is 19.6 Å². The number of allylic oxidation sites excluding steroid dienone is 3. The molecule has 2 heterocycles. The van der Waals surface area contributed by atoms with Gasteiger partial charge in [-0.2, -0.15) is 0 Å². The number of fused-ring (bicyclic) bond motifs is 16. The Morgan fingerprint density at radius 2 is 1.18 bits per heavy atom. The zero-order valence-electron chi connectivity index (χ0n) is 41.2. The van der Waals surface area contributed by atoms with Crippen LogP contribution in [-0.4, -0.2) is 8.07 Å². The van der Waals surface area contributed by atoms with Crippen molar-refractivity contribution in [2.24, 2.45) is 5.92 Å². The van der Waals surface area contributed by atoms with Gasteiger partial charge in [-0.25, -0.2) is 0 Å². The molecule has 1 aliphatic heterocycles. The molecule has 1 fully saturated rings. The fraction of sp³-hybridized carbons (Fsp3) is 0.194. The van der Waals surface area contributed by atoms with Crippen LogP contribution in [0, 0.1) is 5.92 Å². The molecule has 1 atom stereocenters. The molecule has 0 saturated heterocycles. The van der Waals surface area contributed by atoms with Gasteiger partial charge >= 0.3 is 0 Å². The smallest absolute Gasteiger partial charge is 0.159 e. The lowest BCUT2D eigenvalue weighted by molar-refractivity contribution is 0.442. The largest absolute Gasteiger partial charge is 0.454 e. The molecule has 0 amide bonds. The molecular weight excluding hydrogens is 877 g/mol. The van der Waals surface area contributed by atoms with Crippen molar-refractivity contribution in [3.8, 4) is 11.1 Å². The van der Waals surface area contributed by atoms with E-state index in [0.717, 1.165) is 40.0 Å². The van der Waals surface area contributed by atoms with Gasteiger partial charge in [0.1, 0.15) is 5.58 Å².